The number of thioether (sulfide) groups is 1. The third-order valence-corrected chi connectivity index (χ3v) is 7.65. The summed E-state index contributed by atoms with van der Waals surface area (Å²) >= 11 is 1.81. The van der Waals surface area contributed by atoms with Crippen molar-refractivity contribution in [3.8, 4) is 11.4 Å². The molecule has 0 amide bonds. The lowest BCUT2D eigenvalue weighted by Gasteiger charge is -2.34. The number of piperidine rings is 2. The predicted octanol–water partition coefficient (Wildman–Crippen LogP) is 3.88. The maximum atomic E-state index is 6.24. The summed E-state index contributed by atoms with van der Waals surface area (Å²) in [7, 11) is 0. The van der Waals surface area contributed by atoms with E-state index in [4.69, 9.17) is 4.74 Å². The first-order valence-electron chi connectivity index (χ1n) is 11.8. The molecule has 0 saturated carbocycles. The average Bonchev–Trinajstić information content (AvgIpc) is 3.24. The molecule has 31 heavy (non-hydrogen) atoms. The van der Waals surface area contributed by atoms with Crippen molar-refractivity contribution in [2.45, 2.75) is 75.4 Å². The van der Waals surface area contributed by atoms with Gasteiger partial charge in [-0.05, 0) is 100 Å². The summed E-state index contributed by atoms with van der Waals surface area (Å²) < 4.78 is 8.10. The Morgan fingerprint density at radius 1 is 1.03 bits per heavy atom. The third kappa shape index (κ3) is 5.99. The van der Waals surface area contributed by atoms with E-state index in [-0.39, 0.29) is 0 Å². The van der Waals surface area contributed by atoms with Crippen molar-refractivity contribution in [2.75, 3.05) is 32.7 Å². The smallest absolute Gasteiger partial charge is 0.214 e. The first-order valence-corrected chi connectivity index (χ1v) is 12.7. The van der Waals surface area contributed by atoms with Crippen molar-refractivity contribution in [1.82, 2.24) is 30.0 Å². The van der Waals surface area contributed by atoms with E-state index in [1.54, 1.807) is 0 Å². The van der Waals surface area contributed by atoms with Gasteiger partial charge in [-0.2, -0.15) is 4.68 Å². The van der Waals surface area contributed by atoms with Crippen molar-refractivity contribution < 1.29 is 4.74 Å². The van der Waals surface area contributed by atoms with Crippen LogP contribution in [0, 0.1) is 0 Å². The fourth-order valence-corrected chi connectivity index (χ4v) is 5.57. The summed E-state index contributed by atoms with van der Waals surface area (Å²) in [5.41, 5.74) is 0.984. The Labute approximate surface area is 190 Å². The highest BCUT2D eigenvalue weighted by molar-refractivity contribution is 7.99. The summed E-state index contributed by atoms with van der Waals surface area (Å²) in [6.45, 7) is 12.6. The van der Waals surface area contributed by atoms with Crippen LogP contribution in [0.3, 0.4) is 0 Å². The number of ether oxygens (including phenoxy) is 1. The summed E-state index contributed by atoms with van der Waals surface area (Å²) in [5, 5.41) is 13.9. The molecule has 8 heteroatoms. The van der Waals surface area contributed by atoms with Crippen LogP contribution in [0.15, 0.2) is 29.4 Å². The molecule has 1 aromatic heterocycles. The van der Waals surface area contributed by atoms with E-state index < -0.39 is 0 Å². The first-order chi connectivity index (χ1) is 15.1. The number of nitrogens with zero attached hydrogens (tertiary/aromatic N) is 6. The molecular formula is C23H36N6OS. The number of aromatic nitrogens is 4. The second-order valence-electron chi connectivity index (χ2n) is 8.97. The topological polar surface area (TPSA) is 59.3 Å². The van der Waals surface area contributed by atoms with E-state index in [0.29, 0.717) is 17.4 Å². The monoisotopic (exact) mass is 444 g/mol. The van der Waals surface area contributed by atoms with Gasteiger partial charge in [0.2, 0.25) is 5.16 Å². The number of rotatable bonds is 8. The van der Waals surface area contributed by atoms with E-state index in [2.05, 4.69) is 58.2 Å². The molecule has 1 aromatic carbocycles. The van der Waals surface area contributed by atoms with Crippen molar-refractivity contribution in [3.63, 3.8) is 0 Å². The van der Waals surface area contributed by atoms with Gasteiger partial charge >= 0.3 is 0 Å². The van der Waals surface area contributed by atoms with Gasteiger partial charge in [0.25, 0.3) is 0 Å². The molecule has 0 radical (unpaired) electrons. The molecule has 0 N–H and O–H groups in total. The molecule has 170 valence electrons. The van der Waals surface area contributed by atoms with Crippen LogP contribution in [0.2, 0.25) is 0 Å². The van der Waals surface area contributed by atoms with Gasteiger partial charge in [-0.15, -0.1) is 5.10 Å². The minimum atomic E-state index is 0.304. The highest BCUT2D eigenvalue weighted by Gasteiger charge is 2.23. The van der Waals surface area contributed by atoms with Gasteiger partial charge in [-0.1, -0.05) is 18.7 Å². The maximum absolute atomic E-state index is 6.24. The van der Waals surface area contributed by atoms with Crippen molar-refractivity contribution in [2.24, 2.45) is 0 Å². The molecule has 0 aliphatic carbocycles. The minimum Gasteiger partial charge on any atom is -0.490 e. The predicted molar refractivity (Wildman–Crippen MR) is 125 cm³/mol. The Bertz CT molecular complexity index is 795. The number of hydrogen-bond donors (Lipinski definition) is 0. The minimum absolute atomic E-state index is 0.304. The second-order valence-corrected chi connectivity index (χ2v) is 10.2. The lowest BCUT2D eigenvalue weighted by atomic mass is 10.1. The molecule has 0 unspecified atom stereocenters. The van der Waals surface area contributed by atoms with Crippen LogP contribution in [-0.2, 0) is 0 Å². The van der Waals surface area contributed by atoms with Crippen LogP contribution in [-0.4, -0.2) is 80.1 Å². The lowest BCUT2D eigenvalue weighted by molar-refractivity contribution is 0.0843. The molecule has 2 aliphatic rings. The van der Waals surface area contributed by atoms with Crippen molar-refractivity contribution >= 4 is 11.8 Å². The Kier molecular flexibility index (Phi) is 7.85. The standard InChI is InChI=1S/C23H36N6OS/c1-4-13-27-14-11-22(12-15-27)31-23-24-25-26-29(23)19-5-7-20(8-6-19)30-21-9-16-28(17-10-21)18(2)3/h5-8,18,21-22H,4,9-17H2,1-3H3. The van der Waals surface area contributed by atoms with Crippen LogP contribution in [0.1, 0.15) is 52.9 Å². The molecule has 2 fully saturated rings. The van der Waals surface area contributed by atoms with E-state index >= 15 is 0 Å². The zero-order valence-corrected chi connectivity index (χ0v) is 19.9. The first kappa shape index (κ1) is 22.6. The highest BCUT2D eigenvalue weighted by atomic mass is 32.2. The summed E-state index contributed by atoms with van der Waals surface area (Å²) in [6.07, 6.45) is 6.10. The summed E-state index contributed by atoms with van der Waals surface area (Å²) in [5.74, 6) is 0.928. The molecule has 2 aliphatic heterocycles. The number of hydrogen-bond acceptors (Lipinski definition) is 7. The van der Waals surface area contributed by atoms with Gasteiger partial charge in [0.15, 0.2) is 0 Å². The Morgan fingerprint density at radius 2 is 1.74 bits per heavy atom. The number of tetrazole rings is 1. The SMILES string of the molecule is CCCN1CCC(Sc2nnnn2-c2ccc(OC3CCN(C(C)C)CC3)cc2)CC1. The number of benzene rings is 1. The molecule has 7 nitrogen and oxygen atoms in total. The summed E-state index contributed by atoms with van der Waals surface area (Å²) in [6, 6.07) is 8.83. The van der Waals surface area contributed by atoms with Gasteiger partial charge in [-0.3, -0.25) is 0 Å². The van der Waals surface area contributed by atoms with Gasteiger partial charge in [-0.25, -0.2) is 0 Å². The van der Waals surface area contributed by atoms with Crippen LogP contribution in [0.4, 0.5) is 0 Å². The van der Waals surface area contributed by atoms with E-state index in [9.17, 15) is 0 Å². The maximum Gasteiger partial charge on any atom is 0.214 e. The zero-order chi connectivity index (χ0) is 21.6. The van der Waals surface area contributed by atoms with Crippen LogP contribution >= 0.6 is 11.8 Å². The van der Waals surface area contributed by atoms with Crippen molar-refractivity contribution in [3.05, 3.63) is 24.3 Å². The van der Waals surface area contributed by atoms with Gasteiger partial charge in [0.05, 0.1) is 5.69 Å². The fourth-order valence-electron chi connectivity index (χ4n) is 4.50. The Morgan fingerprint density at radius 3 is 2.39 bits per heavy atom. The molecular weight excluding hydrogens is 408 g/mol. The fraction of sp³-hybridized carbons (Fsp3) is 0.696. The molecule has 3 heterocycles. The van der Waals surface area contributed by atoms with Crippen LogP contribution in [0.5, 0.6) is 5.75 Å². The molecule has 4 rings (SSSR count). The molecule has 2 aromatic rings. The third-order valence-electron chi connectivity index (χ3n) is 6.38. The van der Waals surface area contributed by atoms with Gasteiger partial charge in [0.1, 0.15) is 11.9 Å². The second kappa shape index (κ2) is 10.8. The van der Waals surface area contributed by atoms with Crippen molar-refractivity contribution in [1.29, 1.82) is 0 Å². The molecule has 0 spiro atoms. The Balaban J connectivity index is 1.31. The summed E-state index contributed by atoms with van der Waals surface area (Å²) in [4.78, 5) is 5.08. The van der Waals surface area contributed by atoms with Gasteiger partial charge in [0, 0.05) is 24.4 Å². The quantitative estimate of drug-likeness (QED) is 0.612. The van der Waals surface area contributed by atoms with E-state index in [0.717, 1.165) is 42.5 Å². The average molecular weight is 445 g/mol. The molecule has 0 atom stereocenters. The lowest BCUT2D eigenvalue weighted by Crippen LogP contribution is -2.41. The molecule has 0 bridgehead atoms. The number of likely N-dealkylation sites (tertiary alicyclic amines) is 2. The normalized spacial score (nSPS) is 19.9. The highest BCUT2D eigenvalue weighted by Crippen LogP contribution is 2.30. The van der Waals surface area contributed by atoms with Crippen LogP contribution < -0.4 is 4.74 Å². The van der Waals surface area contributed by atoms with E-state index in [1.165, 1.54) is 38.9 Å². The zero-order valence-electron chi connectivity index (χ0n) is 19.1. The van der Waals surface area contributed by atoms with E-state index in [1.807, 2.05) is 28.6 Å². The van der Waals surface area contributed by atoms with Crippen LogP contribution in [0.25, 0.3) is 5.69 Å². The largest absolute Gasteiger partial charge is 0.490 e. The van der Waals surface area contributed by atoms with Gasteiger partial charge < -0.3 is 14.5 Å². The molecule has 2 saturated heterocycles. The Hall–Kier alpha value is -1.64.